The summed E-state index contributed by atoms with van der Waals surface area (Å²) in [6, 6.07) is 9.36. The number of carboxylic acids is 1. The van der Waals surface area contributed by atoms with Crippen molar-refractivity contribution in [2.75, 3.05) is 0 Å². The lowest BCUT2D eigenvalue weighted by Crippen LogP contribution is -2.03. The fourth-order valence-electron chi connectivity index (χ4n) is 2.38. The molecular formula is C16H14N2O3. The summed E-state index contributed by atoms with van der Waals surface area (Å²) in [6.07, 6.45) is 1.68. The zero-order chi connectivity index (χ0) is 15.0. The molecular weight excluding hydrogens is 268 g/mol. The van der Waals surface area contributed by atoms with Crippen molar-refractivity contribution in [1.29, 1.82) is 0 Å². The second-order valence-electron chi connectivity index (χ2n) is 5.11. The number of rotatable bonds is 3. The minimum atomic E-state index is -1.04. The SMILES string of the molecule is CC(C)c1onc(-c2cccc3cccnc23)c1C(=O)O. The molecule has 5 heteroatoms. The Labute approximate surface area is 121 Å². The fraction of sp³-hybridized carbons (Fsp3) is 0.188. The summed E-state index contributed by atoms with van der Waals surface area (Å²) < 4.78 is 5.26. The van der Waals surface area contributed by atoms with Crippen LogP contribution in [0.1, 0.15) is 35.9 Å². The Morgan fingerprint density at radius 2 is 2.00 bits per heavy atom. The van der Waals surface area contributed by atoms with E-state index in [4.69, 9.17) is 4.52 Å². The van der Waals surface area contributed by atoms with Gasteiger partial charge in [-0.25, -0.2) is 4.79 Å². The molecule has 0 fully saturated rings. The first-order valence-electron chi connectivity index (χ1n) is 6.66. The van der Waals surface area contributed by atoms with E-state index >= 15 is 0 Å². The van der Waals surface area contributed by atoms with Gasteiger partial charge < -0.3 is 9.63 Å². The standard InChI is InChI=1S/C16H14N2O3/c1-9(2)15-12(16(19)20)14(18-21-15)11-7-3-5-10-6-4-8-17-13(10)11/h3-9H,1-2H3,(H,19,20). The van der Waals surface area contributed by atoms with Crippen molar-refractivity contribution >= 4 is 16.9 Å². The molecule has 1 aromatic carbocycles. The minimum absolute atomic E-state index is 0.0553. The molecule has 0 atom stereocenters. The third-order valence-corrected chi connectivity index (χ3v) is 3.34. The molecule has 3 rings (SSSR count). The van der Waals surface area contributed by atoms with Gasteiger partial charge in [-0.2, -0.15) is 0 Å². The molecule has 0 aliphatic rings. The minimum Gasteiger partial charge on any atom is -0.477 e. The highest BCUT2D eigenvalue weighted by atomic mass is 16.5. The molecule has 3 aromatic rings. The van der Waals surface area contributed by atoms with Crippen molar-refractivity contribution in [3.8, 4) is 11.3 Å². The Kier molecular flexibility index (Phi) is 3.17. The summed E-state index contributed by atoms with van der Waals surface area (Å²) in [5, 5.41) is 14.4. The van der Waals surface area contributed by atoms with Gasteiger partial charge in [0.1, 0.15) is 11.3 Å². The number of hydrogen-bond acceptors (Lipinski definition) is 4. The van der Waals surface area contributed by atoms with Crippen LogP contribution in [-0.4, -0.2) is 21.2 Å². The Balaban J connectivity index is 2.31. The molecule has 21 heavy (non-hydrogen) atoms. The maximum absolute atomic E-state index is 11.6. The maximum Gasteiger partial charge on any atom is 0.341 e. The number of carboxylic acid groups (broad SMARTS) is 1. The van der Waals surface area contributed by atoms with E-state index in [9.17, 15) is 9.90 Å². The summed E-state index contributed by atoms with van der Waals surface area (Å²) >= 11 is 0. The van der Waals surface area contributed by atoms with Crippen molar-refractivity contribution in [3.63, 3.8) is 0 Å². The Morgan fingerprint density at radius 1 is 1.24 bits per heavy atom. The van der Waals surface area contributed by atoms with Gasteiger partial charge in [-0.05, 0) is 6.07 Å². The van der Waals surface area contributed by atoms with Gasteiger partial charge in [-0.15, -0.1) is 0 Å². The summed E-state index contributed by atoms with van der Waals surface area (Å²) in [5.41, 5.74) is 1.82. The number of aromatic nitrogens is 2. The first-order valence-corrected chi connectivity index (χ1v) is 6.66. The zero-order valence-electron chi connectivity index (χ0n) is 11.7. The fourth-order valence-corrected chi connectivity index (χ4v) is 2.38. The lowest BCUT2D eigenvalue weighted by molar-refractivity contribution is 0.0694. The average molecular weight is 282 g/mol. The number of fused-ring (bicyclic) bond motifs is 1. The van der Waals surface area contributed by atoms with Gasteiger partial charge in [0.15, 0.2) is 5.76 Å². The van der Waals surface area contributed by atoms with E-state index in [1.165, 1.54) is 0 Å². The summed E-state index contributed by atoms with van der Waals surface area (Å²) in [7, 11) is 0. The highest BCUT2D eigenvalue weighted by Gasteiger charge is 2.26. The van der Waals surface area contributed by atoms with Gasteiger partial charge >= 0.3 is 5.97 Å². The molecule has 2 heterocycles. The maximum atomic E-state index is 11.6. The van der Waals surface area contributed by atoms with E-state index in [1.54, 1.807) is 6.20 Å². The molecule has 0 amide bonds. The molecule has 0 spiro atoms. The monoisotopic (exact) mass is 282 g/mol. The van der Waals surface area contributed by atoms with E-state index in [-0.39, 0.29) is 11.5 Å². The average Bonchev–Trinajstić information content (AvgIpc) is 2.91. The molecule has 0 unspecified atom stereocenters. The molecule has 5 nitrogen and oxygen atoms in total. The summed E-state index contributed by atoms with van der Waals surface area (Å²) in [4.78, 5) is 15.9. The normalized spacial score (nSPS) is 11.2. The van der Waals surface area contributed by atoms with Crippen molar-refractivity contribution < 1.29 is 14.4 Å². The highest BCUT2D eigenvalue weighted by molar-refractivity contribution is 6.01. The number of pyridine rings is 1. The quantitative estimate of drug-likeness (QED) is 0.792. The number of carbonyl (C=O) groups is 1. The van der Waals surface area contributed by atoms with Crippen LogP contribution in [0.3, 0.4) is 0 Å². The van der Waals surface area contributed by atoms with E-state index in [0.29, 0.717) is 22.5 Å². The molecule has 106 valence electrons. The van der Waals surface area contributed by atoms with Gasteiger partial charge in [-0.1, -0.05) is 43.3 Å². The van der Waals surface area contributed by atoms with E-state index in [2.05, 4.69) is 10.1 Å². The van der Waals surface area contributed by atoms with Crippen molar-refractivity contribution in [2.45, 2.75) is 19.8 Å². The second-order valence-corrected chi connectivity index (χ2v) is 5.11. The number of hydrogen-bond donors (Lipinski definition) is 1. The second kappa shape index (κ2) is 5.01. The third kappa shape index (κ3) is 2.16. The Bertz CT molecular complexity index is 816. The van der Waals surface area contributed by atoms with Crippen LogP contribution in [-0.2, 0) is 0 Å². The van der Waals surface area contributed by atoms with Gasteiger partial charge in [-0.3, -0.25) is 4.98 Å². The topological polar surface area (TPSA) is 76.2 Å². The van der Waals surface area contributed by atoms with Gasteiger partial charge in [0.05, 0.1) is 5.52 Å². The molecule has 1 N–H and O–H groups in total. The molecule has 0 saturated heterocycles. The highest BCUT2D eigenvalue weighted by Crippen LogP contribution is 2.33. The smallest absolute Gasteiger partial charge is 0.341 e. The molecule has 0 radical (unpaired) electrons. The number of aromatic carboxylic acids is 1. The van der Waals surface area contributed by atoms with Gasteiger partial charge in [0, 0.05) is 23.1 Å². The number of para-hydroxylation sites is 1. The molecule has 0 saturated carbocycles. The first kappa shape index (κ1) is 13.3. The van der Waals surface area contributed by atoms with E-state index < -0.39 is 5.97 Å². The Hall–Kier alpha value is -2.69. The van der Waals surface area contributed by atoms with Crippen LogP contribution < -0.4 is 0 Å². The largest absolute Gasteiger partial charge is 0.477 e. The Morgan fingerprint density at radius 3 is 2.71 bits per heavy atom. The van der Waals surface area contributed by atoms with Crippen LogP contribution >= 0.6 is 0 Å². The van der Waals surface area contributed by atoms with Crippen LogP contribution in [0.25, 0.3) is 22.2 Å². The molecule has 0 aliphatic heterocycles. The molecule has 0 aliphatic carbocycles. The molecule has 2 aromatic heterocycles. The van der Waals surface area contributed by atoms with Crippen LogP contribution in [0.4, 0.5) is 0 Å². The van der Waals surface area contributed by atoms with Gasteiger partial charge in [0.2, 0.25) is 0 Å². The summed E-state index contributed by atoms with van der Waals surface area (Å²) in [6.45, 7) is 3.75. The molecule has 0 bridgehead atoms. The van der Waals surface area contributed by atoms with Gasteiger partial charge in [0.25, 0.3) is 0 Å². The van der Waals surface area contributed by atoms with Crippen LogP contribution in [0.2, 0.25) is 0 Å². The van der Waals surface area contributed by atoms with Crippen molar-refractivity contribution in [3.05, 3.63) is 47.9 Å². The lowest BCUT2D eigenvalue weighted by atomic mass is 9.99. The van der Waals surface area contributed by atoms with E-state index in [0.717, 1.165) is 5.39 Å². The van der Waals surface area contributed by atoms with Crippen LogP contribution in [0, 0.1) is 0 Å². The predicted octanol–water partition coefficient (Wildman–Crippen LogP) is 3.71. The van der Waals surface area contributed by atoms with E-state index in [1.807, 2.05) is 44.2 Å². The van der Waals surface area contributed by atoms with Crippen molar-refractivity contribution in [2.24, 2.45) is 0 Å². The third-order valence-electron chi connectivity index (χ3n) is 3.34. The summed E-state index contributed by atoms with van der Waals surface area (Å²) in [5.74, 6) is -0.714. The zero-order valence-corrected chi connectivity index (χ0v) is 11.7. The van der Waals surface area contributed by atoms with Crippen LogP contribution in [0.5, 0.6) is 0 Å². The number of benzene rings is 1. The lowest BCUT2D eigenvalue weighted by Gasteiger charge is -2.04. The van der Waals surface area contributed by atoms with Crippen molar-refractivity contribution in [1.82, 2.24) is 10.1 Å². The van der Waals surface area contributed by atoms with Crippen LogP contribution in [0.15, 0.2) is 41.1 Å². The predicted molar refractivity (Wildman–Crippen MR) is 78.3 cm³/mol. The number of nitrogens with zero attached hydrogens (tertiary/aromatic N) is 2. The first-order chi connectivity index (χ1) is 10.1.